The zero-order chi connectivity index (χ0) is 27.7. The fourth-order valence-corrected chi connectivity index (χ4v) is 7.46. The first kappa shape index (κ1) is 25.5. The third-order valence-electron chi connectivity index (χ3n) is 8.83. The van der Waals surface area contributed by atoms with Crippen molar-refractivity contribution in [1.82, 2.24) is 30.0 Å². The molecular weight excluding hydrogens is 600 g/mol. The lowest BCUT2D eigenvalue weighted by Crippen LogP contribution is -2.43. The van der Waals surface area contributed by atoms with E-state index < -0.39 is 12.0 Å². The number of rotatable bonds is 4. The summed E-state index contributed by atoms with van der Waals surface area (Å²) < 4.78 is 50.0. The van der Waals surface area contributed by atoms with Crippen LogP contribution in [-0.2, 0) is 4.74 Å². The van der Waals surface area contributed by atoms with Gasteiger partial charge in [-0.3, -0.25) is 10.00 Å². The minimum absolute atomic E-state index is 0.0196. The van der Waals surface area contributed by atoms with Crippen LogP contribution in [0.15, 0.2) is 22.7 Å². The van der Waals surface area contributed by atoms with E-state index in [1.807, 2.05) is 18.2 Å². The van der Waals surface area contributed by atoms with Crippen molar-refractivity contribution in [2.75, 3.05) is 51.0 Å². The summed E-state index contributed by atoms with van der Waals surface area (Å²) >= 11 is 3.57. The fourth-order valence-electron chi connectivity index (χ4n) is 6.91. The van der Waals surface area contributed by atoms with Crippen LogP contribution in [0.1, 0.15) is 25.7 Å². The van der Waals surface area contributed by atoms with Crippen molar-refractivity contribution in [3.05, 3.63) is 28.5 Å². The lowest BCUT2D eigenvalue weighted by Gasteiger charge is -2.31. The van der Waals surface area contributed by atoms with Crippen LogP contribution < -0.4 is 14.4 Å². The van der Waals surface area contributed by atoms with Gasteiger partial charge in [-0.05, 0) is 37.9 Å². The van der Waals surface area contributed by atoms with Gasteiger partial charge in [-0.25, -0.2) is 13.8 Å². The molecule has 0 spiro atoms. The Morgan fingerprint density at radius 2 is 2.05 bits per heavy atom. The van der Waals surface area contributed by atoms with Crippen molar-refractivity contribution in [3.8, 4) is 23.3 Å². The predicted molar refractivity (Wildman–Crippen MR) is 151 cm³/mol. The van der Waals surface area contributed by atoms with Gasteiger partial charge >= 0.3 is 6.01 Å². The monoisotopic (exact) mass is 627 g/mol. The Balaban J connectivity index is 1.29. The molecule has 0 radical (unpaired) electrons. The van der Waals surface area contributed by atoms with Gasteiger partial charge in [0.15, 0.2) is 5.82 Å². The van der Waals surface area contributed by atoms with Crippen molar-refractivity contribution in [2.45, 2.75) is 43.4 Å². The number of alkyl halides is 1. The molecule has 3 atom stereocenters. The molecule has 8 rings (SSSR count). The number of nitrogens with one attached hydrogen (secondary N) is 1. The first-order valence-electron chi connectivity index (χ1n) is 14.0. The lowest BCUT2D eigenvalue weighted by atomic mass is 9.95. The van der Waals surface area contributed by atoms with Gasteiger partial charge in [-0.15, -0.1) is 0 Å². The number of aromatic nitrogens is 5. The third kappa shape index (κ3) is 4.07. The highest BCUT2D eigenvalue weighted by Gasteiger charge is 2.49. The maximum absolute atomic E-state index is 16.6. The standard InChI is InChI=1S/C28H28BrF2N7O3/c29-17-4-1-5-18-19(17)23(36-35-18)24-21(31)22-20-25(38-8-3-9-39-12-16(38)13-40-26(20)32-24)34-27(33-22)41-14-28-6-2-7-37(28)11-15(30)10-28/h1,4-5,15-16H,2-3,6-14H2,(H,35,36)/t15-,16+,28+/m1/s1. The summed E-state index contributed by atoms with van der Waals surface area (Å²) in [7, 11) is 0. The van der Waals surface area contributed by atoms with Crippen LogP contribution >= 0.6 is 15.9 Å². The second kappa shape index (κ2) is 9.70. The highest BCUT2D eigenvalue weighted by Crippen LogP contribution is 2.43. The average Bonchev–Trinajstić information content (AvgIpc) is 3.55. The van der Waals surface area contributed by atoms with Gasteiger partial charge in [-0.2, -0.15) is 15.1 Å². The molecule has 4 aliphatic heterocycles. The summed E-state index contributed by atoms with van der Waals surface area (Å²) in [5, 5.41) is 8.48. The number of pyridine rings is 1. The first-order chi connectivity index (χ1) is 20.0. The Hall–Kier alpha value is -3.16. The second-order valence-electron chi connectivity index (χ2n) is 11.3. The third-order valence-corrected chi connectivity index (χ3v) is 9.49. The summed E-state index contributed by atoms with van der Waals surface area (Å²) in [4.78, 5) is 18.3. The van der Waals surface area contributed by atoms with Crippen molar-refractivity contribution >= 4 is 43.6 Å². The average molecular weight is 628 g/mol. The first-order valence-corrected chi connectivity index (χ1v) is 14.8. The van der Waals surface area contributed by atoms with E-state index in [0.717, 1.165) is 35.8 Å². The van der Waals surface area contributed by atoms with E-state index in [2.05, 4.69) is 45.9 Å². The minimum atomic E-state index is -0.882. The van der Waals surface area contributed by atoms with Crippen LogP contribution in [0.5, 0.6) is 11.9 Å². The molecule has 0 saturated carbocycles. The highest BCUT2D eigenvalue weighted by molar-refractivity contribution is 9.10. The normalized spacial score (nSPS) is 26.1. The van der Waals surface area contributed by atoms with Gasteiger partial charge < -0.3 is 19.1 Å². The molecule has 0 bridgehead atoms. The second-order valence-corrected chi connectivity index (χ2v) is 12.2. The number of anilines is 1. The Morgan fingerprint density at radius 3 is 2.98 bits per heavy atom. The highest BCUT2D eigenvalue weighted by atomic mass is 79.9. The molecule has 1 N–H and O–H groups in total. The van der Waals surface area contributed by atoms with Gasteiger partial charge in [0.2, 0.25) is 5.88 Å². The van der Waals surface area contributed by atoms with E-state index in [1.54, 1.807) is 0 Å². The maximum atomic E-state index is 16.6. The molecule has 0 amide bonds. The zero-order valence-electron chi connectivity index (χ0n) is 22.2. The van der Waals surface area contributed by atoms with E-state index in [4.69, 9.17) is 19.2 Å². The maximum Gasteiger partial charge on any atom is 0.319 e. The Bertz CT molecular complexity index is 1670. The summed E-state index contributed by atoms with van der Waals surface area (Å²) in [6, 6.07) is 5.52. The van der Waals surface area contributed by atoms with Gasteiger partial charge in [0.1, 0.15) is 47.5 Å². The minimum Gasteiger partial charge on any atom is -0.475 e. The van der Waals surface area contributed by atoms with Crippen molar-refractivity contribution < 1.29 is 23.0 Å². The lowest BCUT2D eigenvalue weighted by molar-refractivity contribution is 0.107. The number of benzene rings is 1. The van der Waals surface area contributed by atoms with Gasteiger partial charge in [0, 0.05) is 36.0 Å². The Morgan fingerprint density at radius 1 is 1.12 bits per heavy atom. The predicted octanol–water partition coefficient (Wildman–Crippen LogP) is 4.41. The van der Waals surface area contributed by atoms with E-state index in [0.29, 0.717) is 61.6 Å². The molecule has 1 aromatic carbocycles. The quantitative estimate of drug-likeness (QED) is 0.352. The molecule has 3 saturated heterocycles. The molecule has 7 heterocycles. The van der Waals surface area contributed by atoms with E-state index in [1.165, 1.54) is 0 Å². The molecule has 10 nitrogen and oxygen atoms in total. The molecule has 41 heavy (non-hydrogen) atoms. The fraction of sp³-hybridized carbons (Fsp3) is 0.500. The molecule has 0 aliphatic carbocycles. The summed E-state index contributed by atoms with van der Waals surface area (Å²) in [6.45, 7) is 3.51. The van der Waals surface area contributed by atoms with E-state index in [-0.39, 0.29) is 41.3 Å². The molecule has 3 aromatic heterocycles. The van der Waals surface area contributed by atoms with Crippen LogP contribution in [-0.4, -0.2) is 93.9 Å². The van der Waals surface area contributed by atoms with Crippen molar-refractivity contribution in [3.63, 3.8) is 0 Å². The SMILES string of the molecule is Fc1c(-c2n[nH]c3cccc(Br)c23)nc2c3c(nc(OC[C@@]45CCCN4C[C@H](F)C5)nc13)N1CCCOC[C@H]1CO2. The van der Waals surface area contributed by atoms with Gasteiger partial charge in [-0.1, -0.05) is 22.0 Å². The molecule has 13 heteroatoms. The summed E-state index contributed by atoms with van der Waals surface area (Å²) in [6.07, 6.45) is 2.16. The summed E-state index contributed by atoms with van der Waals surface area (Å²) in [5.74, 6) is 0.111. The molecule has 214 valence electrons. The number of halogens is 3. The van der Waals surface area contributed by atoms with Crippen LogP contribution in [0.2, 0.25) is 0 Å². The largest absolute Gasteiger partial charge is 0.475 e. The number of aromatic amines is 1. The molecular formula is C28H28BrF2N7O3. The topological polar surface area (TPSA) is 102 Å². The van der Waals surface area contributed by atoms with E-state index >= 15 is 4.39 Å². The smallest absolute Gasteiger partial charge is 0.319 e. The van der Waals surface area contributed by atoms with Crippen molar-refractivity contribution in [1.29, 1.82) is 0 Å². The molecule has 3 fully saturated rings. The van der Waals surface area contributed by atoms with Crippen LogP contribution in [0, 0.1) is 5.82 Å². The number of ether oxygens (including phenoxy) is 3. The Labute approximate surface area is 242 Å². The number of H-pyrrole nitrogens is 1. The van der Waals surface area contributed by atoms with Crippen LogP contribution in [0.4, 0.5) is 14.6 Å². The number of hydrogen-bond acceptors (Lipinski definition) is 9. The summed E-state index contributed by atoms with van der Waals surface area (Å²) in [5.41, 5.74) is 0.766. The number of nitrogens with zero attached hydrogens (tertiary/aromatic N) is 6. The molecule has 4 aliphatic rings. The zero-order valence-corrected chi connectivity index (χ0v) is 23.8. The molecule has 4 aromatic rings. The Kier molecular flexibility index (Phi) is 6.04. The number of fused-ring (bicyclic) bond motifs is 4. The van der Waals surface area contributed by atoms with E-state index in [9.17, 15) is 4.39 Å². The van der Waals surface area contributed by atoms with Crippen molar-refractivity contribution in [2.24, 2.45) is 0 Å². The van der Waals surface area contributed by atoms with Gasteiger partial charge in [0.05, 0.1) is 23.7 Å². The van der Waals surface area contributed by atoms with Gasteiger partial charge in [0.25, 0.3) is 0 Å². The van der Waals surface area contributed by atoms with Crippen LogP contribution in [0.25, 0.3) is 33.2 Å². The number of hydrogen-bond donors (Lipinski definition) is 1. The van der Waals surface area contributed by atoms with Crippen LogP contribution in [0.3, 0.4) is 0 Å². The molecule has 0 unspecified atom stereocenters.